The third kappa shape index (κ3) is 3.21. The number of hydrogen-bond acceptors (Lipinski definition) is 2. The van der Waals surface area contributed by atoms with E-state index in [4.69, 9.17) is 5.26 Å². The largest absolute Gasteiger partial charge is 0.338 e. The van der Waals surface area contributed by atoms with E-state index in [0.29, 0.717) is 5.91 Å². The Labute approximate surface area is 116 Å². The van der Waals surface area contributed by atoms with Gasteiger partial charge < -0.3 is 4.90 Å². The van der Waals surface area contributed by atoms with E-state index >= 15 is 0 Å². The molecule has 17 heavy (non-hydrogen) atoms. The lowest BCUT2D eigenvalue weighted by Crippen LogP contribution is -2.39. The van der Waals surface area contributed by atoms with Crippen molar-refractivity contribution in [3.05, 3.63) is 9.66 Å². The number of amides is 1. The molecule has 0 atom stereocenters. The molecule has 0 saturated heterocycles. The molecule has 1 aliphatic heterocycles. The van der Waals surface area contributed by atoms with Crippen molar-refractivity contribution in [3.63, 3.8) is 0 Å². The van der Waals surface area contributed by atoms with Gasteiger partial charge >= 0.3 is 0 Å². The smallest absolute Gasteiger partial charge is 0.225 e. The summed E-state index contributed by atoms with van der Waals surface area (Å²) < 4.78 is 1.36. The molecule has 0 aromatic heterocycles. The molecule has 4 heteroatoms. The summed E-state index contributed by atoms with van der Waals surface area (Å²) >= 11 is 2.34. The molecule has 3 nitrogen and oxygen atoms in total. The molecular formula is C13H17IN2O. The van der Waals surface area contributed by atoms with E-state index in [-0.39, 0.29) is 11.8 Å². The number of nitriles is 1. The van der Waals surface area contributed by atoms with E-state index in [2.05, 4.69) is 34.7 Å². The lowest BCUT2D eigenvalue weighted by atomic mass is 9.82. The zero-order valence-electron chi connectivity index (χ0n) is 9.86. The van der Waals surface area contributed by atoms with E-state index < -0.39 is 0 Å². The monoisotopic (exact) mass is 344 g/mol. The second-order valence-electron chi connectivity index (χ2n) is 4.86. The summed E-state index contributed by atoms with van der Waals surface area (Å²) in [5.74, 6) is 0.659. The van der Waals surface area contributed by atoms with Gasteiger partial charge in [0, 0.05) is 24.9 Å². The zero-order chi connectivity index (χ0) is 12.3. The van der Waals surface area contributed by atoms with Crippen molar-refractivity contribution >= 4 is 28.5 Å². The van der Waals surface area contributed by atoms with Crippen LogP contribution in [0.1, 0.15) is 32.1 Å². The molecule has 0 aromatic carbocycles. The molecule has 0 aromatic rings. The SMILES string of the molecule is N#CC1CCC(C(=O)N2CC=C(I)CC2)CC1. The second kappa shape index (κ2) is 5.85. The Balaban J connectivity index is 1.87. The first kappa shape index (κ1) is 12.9. The van der Waals surface area contributed by atoms with Crippen LogP contribution >= 0.6 is 22.6 Å². The summed E-state index contributed by atoms with van der Waals surface area (Å²) in [4.78, 5) is 14.2. The average molecular weight is 344 g/mol. The van der Waals surface area contributed by atoms with Gasteiger partial charge in [0.2, 0.25) is 5.91 Å². The van der Waals surface area contributed by atoms with Crippen molar-refractivity contribution in [3.8, 4) is 6.07 Å². The predicted molar refractivity (Wildman–Crippen MR) is 74.4 cm³/mol. The fraction of sp³-hybridized carbons (Fsp3) is 0.692. The van der Waals surface area contributed by atoms with Crippen LogP contribution in [-0.2, 0) is 4.79 Å². The van der Waals surface area contributed by atoms with Gasteiger partial charge in [0.25, 0.3) is 0 Å². The summed E-state index contributed by atoms with van der Waals surface area (Å²) in [6.07, 6.45) is 6.73. The van der Waals surface area contributed by atoms with Crippen LogP contribution in [0.5, 0.6) is 0 Å². The minimum atomic E-state index is 0.170. The van der Waals surface area contributed by atoms with Gasteiger partial charge in [0.15, 0.2) is 0 Å². The van der Waals surface area contributed by atoms with Crippen LogP contribution in [0.2, 0.25) is 0 Å². The summed E-state index contributed by atoms with van der Waals surface area (Å²) in [6.45, 7) is 1.64. The lowest BCUT2D eigenvalue weighted by Gasteiger charge is -2.31. The van der Waals surface area contributed by atoms with Crippen LogP contribution in [0.3, 0.4) is 0 Å². The quantitative estimate of drug-likeness (QED) is 0.687. The van der Waals surface area contributed by atoms with Gasteiger partial charge in [-0.15, -0.1) is 0 Å². The predicted octanol–water partition coefficient (Wildman–Crippen LogP) is 2.87. The molecule has 1 aliphatic carbocycles. The van der Waals surface area contributed by atoms with Crippen molar-refractivity contribution in [2.75, 3.05) is 13.1 Å². The summed E-state index contributed by atoms with van der Waals surface area (Å²) in [5, 5.41) is 8.84. The summed E-state index contributed by atoms with van der Waals surface area (Å²) in [7, 11) is 0. The minimum Gasteiger partial charge on any atom is -0.338 e. The van der Waals surface area contributed by atoms with E-state index in [1.54, 1.807) is 0 Å². The Kier molecular flexibility index (Phi) is 4.43. The highest BCUT2D eigenvalue weighted by Gasteiger charge is 2.29. The molecule has 0 radical (unpaired) electrons. The van der Waals surface area contributed by atoms with Crippen molar-refractivity contribution in [1.82, 2.24) is 4.90 Å². The first-order valence-electron chi connectivity index (χ1n) is 6.23. The van der Waals surface area contributed by atoms with Gasteiger partial charge in [0.05, 0.1) is 6.07 Å². The van der Waals surface area contributed by atoms with Crippen molar-refractivity contribution in [2.45, 2.75) is 32.1 Å². The Hall–Kier alpha value is -0.570. The summed E-state index contributed by atoms with van der Waals surface area (Å²) in [6, 6.07) is 2.31. The normalized spacial score (nSPS) is 29.4. The molecular weight excluding hydrogens is 327 g/mol. The number of nitrogens with zero attached hydrogens (tertiary/aromatic N) is 2. The van der Waals surface area contributed by atoms with Gasteiger partial charge in [-0.2, -0.15) is 5.26 Å². The fourth-order valence-corrected chi connectivity index (χ4v) is 3.01. The minimum absolute atomic E-state index is 0.170. The maximum atomic E-state index is 12.3. The highest BCUT2D eigenvalue weighted by atomic mass is 127. The third-order valence-corrected chi connectivity index (χ3v) is 4.70. The van der Waals surface area contributed by atoms with E-state index in [0.717, 1.165) is 45.2 Å². The number of halogens is 1. The van der Waals surface area contributed by atoms with Crippen LogP contribution < -0.4 is 0 Å². The molecule has 1 saturated carbocycles. The van der Waals surface area contributed by atoms with Gasteiger partial charge in [-0.3, -0.25) is 4.79 Å². The van der Waals surface area contributed by atoms with Crippen LogP contribution in [0.4, 0.5) is 0 Å². The standard InChI is InChI=1S/C13H17IN2O/c14-12-5-7-16(8-6-12)13(17)11-3-1-10(9-15)2-4-11/h5,10-11H,1-4,6-8H2. The van der Waals surface area contributed by atoms with E-state index in [1.807, 2.05) is 4.90 Å². The molecule has 1 fully saturated rings. The Morgan fingerprint density at radius 3 is 2.65 bits per heavy atom. The van der Waals surface area contributed by atoms with Crippen molar-refractivity contribution < 1.29 is 4.79 Å². The third-order valence-electron chi connectivity index (χ3n) is 3.72. The lowest BCUT2D eigenvalue weighted by molar-refractivity contribution is -0.136. The molecule has 0 unspecified atom stereocenters. The van der Waals surface area contributed by atoms with Crippen molar-refractivity contribution in [1.29, 1.82) is 5.26 Å². The first-order valence-corrected chi connectivity index (χ1v) is 7.31. The van der Waals surface area contributed by atoms with Crippen LogP contribution in [0.15, 0.2) is 9.66 Å². The Morgan fingerprint density at radius 2 is 2.12 bits per heavy atom. The summed E-state index contributed by atoms with van der Waals surface area (Å²) in [5.41, 5.74) is 0. The molecule has 92 valence electrons. The Bertz CT molecular complexity index is 364. The van der Waals surface area contributed by atoms with Gasteiger partial charge in [0.1, 0.15) is 0 Å². The van der Waals surface area contributed by atoms with Gasteiger partial charge in [-0.25, -0.2) is 0 Å². The number of carbonyl (C=O) groups is 1. The molecule has 1 heterocycles. The average Bonchev–Trinajstić information content (AvgIpc) is 2.39. The maximum absolute atomic E-state index is 12.3. The number of carbonyl (C=O) groups excluding carboxylic acids is 1. The van der Waals surface area contributed by atoms with Crippen LogP contribution in [-0.4, -0.2) is 23.9 Å². The number of rotatable bonds is 1. The van der Waals surface area contributed by atoms with E-state index in [9.17, 15) is 4.79 Å². The highest BCUT2D eigenvalue weighted by Crippen LogP contribution is 2.30. The Morgan fingerprint density at radius 1 is 1.41 bits per heavy atom. The maximum Gasteiger partial charge on any atom is 0.225 e. The highest BCUT2D eigenvalue weighted by molar-refractivity contribution is 14.1. The van der Waals surface area contributed by atoms with Crippen molar-refractivity contribution in [2.24, 2.45) is 11.8 Å². The molecule has 2 aliphatic rings. The van der Waals surface area contributed by atoms with Crippen LogP contribution in [0, 0.1) is 23.2 Å². The first-order chi connectivity index (χ1) is 8.20. The van der Waals surface area contributed by atoms with Gasteiger partial charge in [-0.1, -0.05) is 6.08 Å². The molecule has 2 rings (SSSR count). The van der Waals surface area contributed by atoms with E-state index in [1.165, 1.54) is 3.58 Å². The molecule has 1 amide bonds. The molecule has 0 N–H and O–H groups in total. The molecule has 0 spiro atoms. The topological polar surface area (TPSA) is 44.1 Å². The second-order valence-corrected chi connectivity index (χ2v) is 6.25. The zero-order valence-corrected chi connectivity index (χ0v) is 12.0. The van der Waals surface area contributed by atoms with Crippen LogP contribution in [0.25, 0.3) is 0 Å². The number of hydrogen-bond donors (Lipinski definition) is 0. The molecule has 0 bridgehead atoms. The fourth-order valence-electron chi connectivity index (χ4n) is 2.57. The van der Waals surface area contributed by atoms with Gasteiger partial charge in [-0.05, 0) is 58.3 Å².